The van der Waals surface area contributed by atoms with Gasteiger partial charge in [0.15, 0.2) is 0 Å². The van der Waals surface area contributed by atoms with Gasteiger partial charge in [-0.15, -0.1) is 0 Å². The van der Waals surface area contributed by atoms with Gasteiger partial charge in [0.05, 0.1) is 5.71 Å². The fourth-order valence-electron chi connectivity index (χ4n) is 1.50. The largest absolute Gasteiger partial charge is 0.515 e. The van der Waals surface area contributed by atoms with Crippen LogP contribution in [0.3, 0.4) is 0 Å². The first kappa shape index (κ1) is 6.64. The molecule has 11 heavy (non-hydrogen) atoms. The molecule has 2 rings (SSSR count). The third-order valence-corrected chi connectivity index (χ3v) is 2.14. The Morgan fingerprint density at radius 2 is 2.09 bits per heavy atom. The molecule has 0 aromatic heterocycles. The first-order chi connectivity index (χ1) is 5.23. The lowest BCUT2D eigenvalue weighted by molar-refractivity contribution is -0.233. The van der Waals surface area contributed by atoms with E-state index in [9.17, 15) is 4.79 Å². The quantitative estimate of drug-likeness (QED) is 0.538. The Bertz CT molecular complexity index is 216. The summed E-state index contributed by atoms with van der Waals surface area (Å²) in [7, 11) is 0. The lowest BCUT2D eigenvalue weighted by Crippen LogP contribution is -2.57. The maximum absolute atomic E-state index is 10.4. The second-order valence-electron chi connectivity index (χ2n) is 2.89. The summed E-state index contributed by atoms with van der Waals surface area (Å²) >= 11 is 0. The van der Waals surface area contributed by atoms with Gasteiger partial charge in [-0.2, -0.15) is 0 Å². The third kappa shape index (κ3) is 0.818. The molecule has 4 nitrogen and oxygen atoms in total. The van der Waals surface area contributed by atoms with Gasteiger partial charge >= 0.3 is 11.9 Å². The molecule has 60 valence electrons. The normalized spacial score (nSPS) is 27.3. The van der Waals surface area contributed by atoms with Crippen molar-refractivity contribution in [3.63, 3.8) is 0 Å². The van der Waals surface area contributed by atoms with Crippen LogP contribution >= 0.6 is 0 Å². The summed E-state index contributed by atoms with van der Waals surface area (Å²) in [4.78, 5) is 10.4. The minimum atomic E-state index is -0.935. The molecule has 1 spiro atoms. The van der Waals surface area contributed by atoms with Crippen molar-refractivity contribution in [1.82, 2.24) is 0 Å². The first-order valence-corrected chi connectivity index (χ1v) is 3.73. The van der Waals surface area contributed by atoms with Crippen LogP contribution in [0.15, 0.2) is 0 Å². The molecular formula is C7H9NO3. The third-order valence-electron chi connectivity index (χ3n) is 2.14. The van der Waals surface area contributed by atoms with E-state index in [-0.39, 0.29) is 0 Å². The monoisotopic (exact) mass is 155 g/mol. The van der Waals surface area contributed by atoms with E-state index in [0.29, 0.717) is 18.6 Å². The highest BCUT2D eigenvalue weighted by Gasteiger charge is 2.53. The van der Waals surface area contributed by atoms with Crippen molar-refractivity contribution in [2.75, 3.05) is 0 Å². The molecule has 0 atom stereocenters. The minimum absolute atomic E-state index is 0.406. The lowest BCUT2D eigenvalue weighted by atomic mass is 9.91. The van der Waals surface area contributed by atoms with Crippen LogP contribution in [0.1, 0.15) is 25.7 Å². The van der Waals surface area contributed by atoms with Gasteiger partial charge in [-0.1, -0.05) is 0 Å². The van der Waals surface area contributed by atoms with E-state index in [2.05, 4.69) is 0 Å². The molecular weight excluding hydrogens is 146 g/mol. The molecule has 0 unspecified atom stereocenters. The predicted octanol–water partition coefficient (Wildman–Crippen LogP) is 1.44. The van der Waals surface area contributed by atoms with E-state index in [1.807, 2.05) is 0 Å². The standard InChI is InChI=1S/C7H9NO3/c8-5-3-1-2-4-7(5)10-6(9)11-7/h8H,1-4H2. The number of carbonyl (C=O) groups excluding carboxylic acids is 1. The predicted molar refractivity (Wildman–Crippen MR) is 36.5 cm³/mol. The Kier molecular flexibility index (Phi) is 1.19. The highest BCUT2D eigenvalue weighted by Crippen LogP contribution is 2.36. The lowest BCUT2D eigenvalue weighted by Gasteiger charge is -2.41. The summed E-state index contributed by atoms with van der Waals surface area (Å²) in [5.74, 6) is -0.935. The van der Waals surface area contributed by atoms with Crippen LogP contribution < -0.4 is 0 Å². The Hall–Kier alpha value is -1.06. The summed E-state index contributed by atoms with van der Waals surface area (Å²) in [5, 5.41) is 7.48. The highest BCUT2D eigenvalue weighted by atomic mass is 16.9. The van der Waals surface area contributed by atoms with Crippen molar-refractivity contribution in [3.8, 4) is 0 Å². The van der Waals surface area contributed by atoms with Gasteiger partial charge in [0.25, 0.3) is 0 Å². The Morgan fingerprint density at radius 3 is 2.64 bits per heavy atom. The maximum atomic E-state index is 10.4. The molecule has 2 aliphatic rings. The smallest absolute Gasteiger partial charge is 0.385 e. The number of ether oxygens (including phenoxy) is 2. The molecule has 1 aliphatic carbocycles. The van der Waals surface area contributed by atoms with Crippen molar-refractivity contribution < 1.29 is 14.3 Å². The van der Waals surface area contributed by atoms with Crippen molar-refractivity contribution in [2.45, 2.75) is 31.5 Å². The second kappa shape index (κ2) is 1.96. The van der Waals surface area contributed by atoms with E-state index in [0.717, 1.165) is 12.8 Å². The number of rotatable bonds is 0. The van der Waals surface area contributed by atoms with Crippen molar-refractivity contribution >= 4 is 11.9 Å². The second-order valence-corrected chi connectivity index (χ2v) is 2.89. The van der Waals surface area contributed by atoms with Gasteiger partial charge in [0, 0.05) is 6.42 Å². The molecule has 2 fully saturated rings. The topological polar surface area (TPSA) is 59.4 Å². The molecule has 4 heteroatoms. The summed E-state index contributed by atoms with van der Waals surface area (Å²) in [6.45, 7) is 0. The highest BCUT2D eigenvalue weighted by molar-refractivity contribution is 5.94. The molecule has 1 heterocycles. The molecule has 0 bridgehead atoms. The Labute approximate surface area is 64.0 Å². The van der Waals surface area contributed by atoms with Crippen LogP contribution in [0.25, 0.3) is 0 Å². The molecule has 0 aromatic carbocycles. The van der Waals surface area contributed by atoms with Crippen molar-refractivity contribution in [3.05, 3.63) is 0 Å². The number of carbonyl (C=O) groups is 1. The van der Waals surface area contributed by atoms with Gasteiger partial charge in [0.1, 0.15) is 0 Å². The Balaban J connectivity index is 2.11. The average Bonchev–Trinajstić information content (AvgIpc) is 1.92. The zero-order valence-corrected chi connectivity index (χ0v) is 6.05. The Morgan fingerprint density at radius 1 is 1.36 bits per heavy atom. The fourth-order valence-corrected chi connectivity index (χ4v) is 1.50. The van der Waals surface area contributed by atoms with Crippen LogP contribution in [0.2, 0.25) is 0 Å². The van der Waals surface area contributed by atoms with E-state index in [1.165, 1.54) is 0 Å². The SMILES string of the molecule is N=C1CCCCC12OC(=O)O2. The maximum Gasteiger partial charge on any atom is 0.515 e. The molecule has 1 aliphatic heterocycles. The van der Waals surface area contributed by atoms with Crippen LogP contribution in [0.4, 0.5) is 4.79 Å². The van der Waals surface area contributed by atoms with Crippen LogP contribution in [-0.2, 0) is 9.47 Å². The van der Waals surface area contributed by atoms with Gasteiger partial charge in [0.2, 0.25) is 0 Å². The molecule has 0 radical (unpaired) electrons. The van der Waals surface area contributed by atoms with Crippen LogP contribution in [0, 0.1) is 5.41 Å². The minimum Gasteiger partial charge on any atom is -0.385 e. The van der Waals surface area contributed by atoms with Gasteiger partial charge in [-0.25, -0.2) is 4.79 Å². The summed E-state index contributed by atoms with van der Waals surface area (Å²) in [6.07, 6.45) is 2.67. The average molecular weight is 155 g/mol. The van der Waals surface area contributed by atoms with E-state index in [1.54, 1.807) is 0 Å². The number of hydrogen-bond acceptors (Lipinski definition) is 4. The first-order valence-electron chi connectivity index (χ1n) is 3.73. The van der Waals surface area contributed by atoms with E-state index >= 15 is 0 Å². The van der Waals surface area contributed by atoms with E-state index in [4.69, 9.17) is 14.9 Å². The van der Waals surface area contributed by atoms with Crippen LogP contribution in [-0.4, -0.2) is 17.7 Å². The van der Waals surface area contributed by atoms with E-state index < -0.39 is 11.9 Å². The fraction of sp³-hybridized carbons (Fsp3) is 0.714. The molecule has 1 saturated heterocycles. The number of hydrogen-bond donors (Lipinski definition) is 1. The van der Waals surface area contributed by atoms with Gasteiger partial charge < -0.3 is 14.9 Å². The molecule has 1 N–H and O–H groups in total. The van der Waals surface area contributed by atoms with Crippen molar-refractivity contribution in [1.29, 1.82) is 5.41 Å². The summed E-state index contributed by atoms with van der Waals surface area (Å²) < 4.78 is 9.59. The van der Waals surface area contributed by atoms with Gasteiger partial charge in [-0.05, 0) is 19.3 Å². The molecule has 0 amide bonds. The number of nitrogens with one attached hydrogen (secondary N) is 1. The van der Waals surface area contributed by atoms with Crippen LogP contribution in [0.5, 0.6) is 0 Å². The molecule has 0 aromatic rings. The summed E-state index contributed by atoms with van der Waals surface area (Å²) in [6, 6.07) is 0. The van der Waals surface area contributed by atoms with Crippen molar-refractivity contribution in [2.24, 2.45) is 0 Å². The zero-order valence-electron chi connectivity index (χ0n) is 6.05. The van der Waals surface area contributed by atoms with Gasteiger partial charge in [-0.3, -0.25) is 0 Å². The molecule has 1 saturated carbocycles. The summed E-state index contributed by atoms with van der Waals surface area (Å²) in [5.41, 5.74) is 0.406. The zero-order chi connectivity index (χ0) is 7.90.